The number of aromatic hydroxyl groups is 2. The number of halogens is 1. The first kappa shape index (κ1) is 15.9. The average molecular weight is 329 g/mol. The fourth-order valence-electron chi connectivity index (χ4n) is 3.35. The minimum absolute atomic E-state index is 0.190. The van der Waals surface area contributed by atoms with Crippen LogP contribution in [-0.2, 0) is 0 Å². The maximum atomic E-state index is 10.4. The van der Waals surface area contributed by atoms with Gasteiger partial charge in [0.25, 0.3) is 0 Å². The fourth-order valence-corrected chi connectivity index (χ4v) is 3.54. The molecule has 0 heterocycles. The molecule has 2 aromatic carbocycles. The van der Waals surface area contributed by atoms with Gasteiger partial charge >= 0.3 is 0 Å². The van der Waals surface area contributed by atoms with Crippen molar-refractivity contribution in [2.24, 2.45) is 0 Å². The Morgan fingerprint density at radius 3 is 2.22 bits per heavy atom. The van der Waals surface area contributed by atoms with Crippen LogP contribution in [0.25, 0.3) is 12.2 Å². The van der Waals surface area contributed by atoms with E-state index in [2.05, 4.69) is 0 Å². The average Bonchev–Trinajstić information content (AvgIpc) is 2.54. The smallest absolute Gasteiger partial charge is 0.123 e. The number of hydrogen-bond donors (Lipinski definition) is 2. The molecule has 2 nitrogen and oxygen atoms in total. The fraction of sp³-hybridized carbons (Fsp3) is 0.300. The second-order valence-electron chi connectivity index (χ2n) is 6.16. The van der Waals surface area contributed by atoms with Crippen LogP contribution < -0.4 is 0 Å². The molecule has 23 heavy (non-hydrogen) atoms. The lowest BCUT2D eigenvalue weighted by atomic mass is 9.83. The highest BCUT2D eigenvalue weighted by Crippen LogP contribution is 2.42. The zero-order chi connectivity index (χ0) is 16.2. The Balaban J connectivity index is 1.86. The molecule has 0 saturated heterocycles. The van der Waals surface area contributed by atoms with Crippen LogP contribution >= 0.6 is 11.6 Å². The van der Waals surface area contributed by atoms with Gasteiger partial charge in [0, 0.05) is 10.6 Å². The predicted octanol–water partition coefficient (Wildman–Crippen LogP) is 5.97. The molecule has 1 aliphatic rings. The summed E-state index contributed by atoms with van der Waals surface area (Å²) >= 11 is 6.13. The van der Waals surface area contributed by atoms with Gasteiger partial charge in [0.1, 0.15) is 11.5 Å². The van der Waals surface area contributed by atoms with Crippen LogP contribution in [0.4, 0.5) is 0 Å². The predicted molar refractivity (Wildman–Crippen MR) is 96.0 cm³/mol. The van der Waals surface area contributed by atoms with Crippen LogP contribution in [0.15, 0.2) is 36.4 Å². The number of benzene rings is 2. The Morgan fingerprint density at radius 2 is 1.57 bits per heavy atom. The van der Waals surface area contributed by atoms with Crippen molar-refractivity contribution < 1.29 is 10.2 Å². The van der Waals surface area contributed by atoms with E-state index < -0.39 is 0 Å². The molecule has 2 N–H and O–H groups in total. The van der Waals surface area contributed by atoms with E-state index in [1.165, 1.54) is 6.42 Å². The van der Waals surface area contributed by atoms with Crippen molar-refractivity contribution in [1.82, 2.24) is 0 Å². The molecule has 1 aliphatic carbocycles. The zero-order valence-electron chi connectivity index (χ0n) is 13.0. The first-order valence-electron chi connectivity index (χ1n) is 8.13. The van der Waals surface area contributed by atoms with E-state index in [9.17, 15) is 10.2 Å². The van der Waals surface area contributed by atoms with Crippen molar-refractivity contribution in [3.05, 3.63) is 58.1 Å². The number of phenols is 2. The third kappa shape index (κ3) is 3.70. The Bertz CT molecular complexity index is 692. The van der Waals surface area contributed by atoms with Gasteiger partial charge in [-0.3, -0.25) is 0 Å². The van der Waals surface area contributed by atoms with Crippen molar-refractivity contribution >= 4 is 23.8 Å². The molecule has 0 radical (unpaired) electrons. The highest BCUT2D eigenvalue weighted by Gasteiger charge is 2.22. The van der Waals surface area contributed by atoms with E-state index >= 15 is 0 Å². The first-order chi connectivity index (χ1) is 11.1. The molecule has 0 aromatic heterocycles. The summed E-state index contributed by atoms with van der Waals surface area (Å²) in [7, 11) is 0. The molecule has 1 saturated carbocycles. The SMILES string of the molecule is Oc1cc(C=Cc2ccccc2Cl)cc(O)c1C1CCCCC1. The summed E-state index contributed by atoms with van der Waals surface area (Å²) in [5, 5.41) is 21.4. The van der Waals surface area contributed by atoms with Crippen LogP contribution in [0.2, 0.25) is 5.02 Å². The van der Waals surface area contributed by atoms with E-state index in [-0.39, 0.29) is 17.4 Å². The monoisotopic (exact) mass is 328 g/mol. The van der Waals surface area contributed by atoms with Gasteiger partial charge in [0.2, 0.25) is 0 Å². The number of rotatable bonds is 3. The minimum Gasteiger partial charge on any atom is -0.507 e. The van der Waals surface area contributed by atoms with Gasteiger partial charge in [-0.1, -0.05) is 61.2 Å². The standard InChI is InChI=1S/C20H21ClO2/c21-17-9-5-4-6-15(17)11-10-14-12-18(22)20(19(23)13-14)16-7-2-1-3-8-16/h4-6,9-13,16,22-23H,1-3,7-8H2. The lowest BCUT2D eigenvalue weighted by molar-refractivity contribution is 0.389. The zero-order valence-corrected chi connectivity index (χ0v) is 13.8. The topological polar surface area (TPSA) is 40.5 Å². The molecule has 0 bridgehead atoms. The largest absolute Gasteiger partial charge is 0.507 e. The molecule has 0 spiro atoms. The van der Waals surface area contributed by atoms with Crippen molar-refractivity contribution in [3.8, 4) is 11.5 Å². The third-order valence-corrected chi connectivity index (χ3v) is 4.88. The van der Waals surface area contributed by atoms with Crippen LogP contribution in [-0.4, -0.2) is 10.2 Å². The van der Waals surface area contributed by atoms with Crippen LogP contribution in [0.1, 0.15) is 54.7 Å². The molecule has 0 aliphatic heterocycles. The van der Waals surface area contributed by atoms with Crippen molar-refractivity contribution in [2.45, 2.75) is 38.0 Å². The van der Waals surface area contributed by atoms with E-state index in [1.54, 1.807) is 12.1 Å². The van der Waals surface area contributed by atoms with E-state index in [0.29, 0.717) is 10.6 Å². The van der Waals surface area contributed by atoms with E-state index in [0.717, 1.165) is 36.8 Å². The number of phenolic OH excluding ortho intramolecular Hbond substituents is 2. The summed E-state index contributed by atoms with van der Waals surface area (Å²) in [6, 6.07) is 11.0. The molecule has 2 aromatic rings. The summed E-state index contributed by atoms with van der Waals surface area (Å²) in [6.07, 6.45) is 9.39. The summed E-state index contributed by atoms with van der Waals surface area (Å²) in [4.78, 5) is 0. The minimum atomic E-state index is 0.190. The molecule has 0 unspecified atom stereocenters. The normalized spacial score (nSPS) is 16.0. The van der Waals surface area contributed by atoms with Crippen LogP contribution in [0.5, 0.6) is 11.5 Å². The molecule has 1 fully saturated rings. The maximum Gasteiger partial charge on any atom is 0.123 e. The molecule has 3 rings (SSSR count). The van der Waals surface area contributed by atoms with Gasteiger partial charge in [-0.2, -0.15) is 0 Å². The van der Waals surface area contributed by atoms with Gasteiger partial charge in [-0.05, 0) is 48.1 Å². The second-order valence-corrected chi connectivity index (χ2v) is 6.57. The van der Waals surface area contributed by atoms with Crippen molar-refractivity contribution in [1.29, 1.82) is 0 Å². The molecular weight excluding hydrogens is 308 g/mol. The third-order valence-electron chi connectivity index (χ3n) is 4.53. The molecular formula is C20H21ClO2. The summed E-state index contributed by atoms with van der Waals surface area (Å²) in [6.45, 7) is 0. The van der Waals surface area contributed by atoms with Gasteiger partial charge < -0.3 is 10.2 Å². The highest BCUT2D eigenvalue weighted by atomic mass is 35.5. The summed E-state index contributed by atoms with van der Waals surface area (Å²) in [5.41, 5.74) is 2.38. The van der Waals surface area contributed by atoms with Gasteiger partial charge in [-0.25, -0.2) is 0 Å². The molecule has 3 heteroatoms. The lowest BCUT2D eigenvalue weighted by Crippen LogP contribution is -2.05. The van der Waals surface area contributed by atoms with Gasteiger partial charge in [-0.15, -0.1) is 0 Å². The Hall–Kier alpha value is -1.93. The molecule has 120 valence electrons. The van der Waals surface area contributed by atoms with Gasteiger partial charge in [0.05, 0.1) is 0 Å². The first-order valence-corrected chi connectivity index (χ1v) is 8.51. The lowest BCUT2D eigenvalue weighted by Gasteiger charge is -2.23. The van der Waals surface area contributed by atoms with Crippen molar-refractivity contribution in [2.75, 3.05) is 0 Å². The van der Waals surface area contributed by atoms with E-state index in [1.807, 2.05) is 36.4 Å². The molecule has 0 amide bonds. The molecule has 0 atom stereocenters. The van der Waals surface area contributed by atoms with Crippen LogP contribution in [0, 0.1) is 0 Å². The van der Waals surface area contributed by atoms with E-state index in [4.69, 9.17) is 11.6 Å². The Morgan fingerprint density at radius 1 is 0.913 bits per heavy atom. The summed E-state index contributed by atoms with van der Waals surface area (Å²) in [5.74, 6) is 0.650. The maximum absolute atomic E-state index is 10.4. The highest BCUT2D eigenvalue weighted by molar-refractivity contribution is 6.32. The van der Waals surface area contributed by atoms with Crippen LogP contribution in [0.3, 0.4) is 0 Å². The second kappa shape index (κ2) is 7.10. The van der Waals surface area contributed by atoms with Gasteiger partial charge in [0.15, 0.2) is 0 Å². The number of hydrogen-bond acceptors (Lipinski definition) is 2. The van der Waals surface area contributed by atoms with Crippen molar-refractivity contribution in [3.63, 3.8) is 0 Å². The Kier molecular flexibility index (Phi) is 4.92. The Labute approximate surface area is 142 Å². The quantitative estimate of drug-likeness (QED) is 0.681. The summed E-state index contributed by atoms with van der Waals surface area (Å²) < 4.78 is 0.